The van der Waals surface area contributed by atoms with Crippen molar-refractivity contribution in [2.24, 2.45) is 5.41 Å². The lowest BCUT2D eigenvalue weighted by Crippen LogP contribution is -2.18. The lowest BCUT2D eigenvalue weighted by Gasteiger charge is -2.21. The highest BCUT2D eigenvalue weighted by atomic mass is 16.5. The quantitative estimate of drug-likeness (QED) is 0.683. The van der Waals surface area contributed by atoms with E-state index in [0.717, 1.165) is 13.0 Å². The Morgan fingerprint density at radius 1 is 1.19 bits per heavy atom. The van der Waals surface area contributed by atoms with Gasteiger partial charge in [-0.3, -0.25) is 0 Å². The van der Waals surface area contributed by atoms with Crippen molar-refractivity contribution in [3.05, 3.63) is 35.9 Å². The van der Waals surface area contributed by atoms with Gasteiger partial charge in [-0.1, -0.05) is 44.2 Å². The zero-order valence-electron chi connectivity index (χ0n) is 10.4. The van der Waals surface area contributed by atoms with E-state index >= 15 is 0 Å². The highest BCUT2D eigenvalue weighted by Crippen LogP contribution is 2.20. The first-order chi connectivity index (χ1) is 7.64. The van der Waals surface area contributed by atoms with Crippen molar-refractivity contribution in [3.63, 3.8) is 0 Å². The molecule has 0 atom stereocenters. The molecule has 0 amide bonds. The van der Waals surface area contributed by atoms with Crippen molar-refractivity contribution in [2.45, 2.75) is 33.8 Å². The van der Waals surface area contributed by atoms with Gasteiger partial charge in [-0.05, 0) is 17.9 Å². The summed E-state index contributed by atoms with van der Waals surface area (Å²) in [5.74, 6) is 6.03. The van der Waals surface area contributed by atoms with E-state index in [-0.39, 0.29) is 5.41 Å². The summed E-state index contributed by atoms with van der Waals surface area (Å²) < 4.78 is 5.71. The lowest BCUT2D eigenvalue weighted by molar-refractivity contribution is 0.0536. The van der Waals surface area contributed by atoms with Gasteiger partial charge in [0, 0.05) is 6.42 Å². The Balaban J connectivity index is 2.31. The summed E-state index contributed by atoms with van der Waals surface area (Å²) in [6, 6.07) is 10.3. The van der Waals surface area contributed by atoms with Crippen LogP contribution in [0.5, 0.6) is 0 Å². The molecule has 0 bridgehead atoms. The fourth-order valence-corrected chi connectivity index (χ4v) is 1.40. The van der Waals surface area contributed by atoms with Gasteiger partial charge in [-0.2, -0.15) is 0 Å². The van der Waals surface area contributed by atoms with E-state index in [0.29, 0.717) is 6.61 Å². The summed E-state index contributed by atoms with van der Waals surface area (Å²) in [7, 11) is 0. The van der Waals surface area contributed by atoms with Gasteiger partial charge in [0.05, 0.1) is 13.2 Å². The van der Waals surface area contributed by atoms with Crippen LogP contribution in [0.15, 0.2) is 30.3 Å². The van der Waals surface area contributed by atoms with Crippen LogP contribution in [0.3, 0.4) is 0 Å². The molecule has 16 heavy (non-hydrogen) atoms. The third-order valence-electron chi connectivity index (χ3n) is 2.35. The average molecular weight is 216 g/mol. The zero-order chi connectivity index (χ0) is 11.9. The topological polar surface area (TPSA) is 9.23 Å². The third-order valence-corrected chi connectivity index (χ3v) is 2.35. The first-order valence-electron chi connectivity index (χ1n) is 5.65. The second-order valence-electron chi connectivity index (χ2n) is 4.75. The van der Waals surface area contributed by atoms with Crippen LogP contribution < -0.4 is 0 Å². The van der Waals surface area contributed by atoms with Crippen molar-refractivity contribution < 1.29 is 4.74 Å². The average Bonchev–Trinajstić information content (AvgIpc) is 2.28. The Labute approximate surface area is 98.8 Å². The van der Waals surface area contributed by atoms with Gasteiger partial charge >= 0.3 is 0 Å². The molecule has 0 aliphatic carbocycles. The van der Waals surface area contributed by atoms with Crippen molar-refractivity contribution in [3.8, 4) is 11.8 Å². The normalized spacial score (nSPS) is 10.7. The van der Waals surface area contributed by atoms with Crippen molar-refractivity contribution in [1.29, 1.82) is 0 Å². The zero-order valence-corrected chi connectivity index (χ0v) is 10.4. The van der Waals surface area contributed by atoms with Crippen LogP contribution in [0.2, 0.25) is 0 Å². The standard InChI is InChI=1S/C15H20O/c1-4-5-11-15(2,3)13-16-12-14-9-7-6-8-10-14/h6-10H,11-13H2,1-3H3. The van der Waals surface area contributed by atoms with Crippen molar-refractivity contribution >= 4 is 0 Å². The van der Waals surface area contributed by atoms with Gasteiger partial charge in [0.1, 0.15) is 0 Å². The molecule has 0 fully saturated rings. The number of benzene rings is 1. The second-order valence-corrected chi connectivity index (χ2v) is 4.75. The van der Waals surface area contributed by atoms with Crippen LogP contribution in [-0.4, -0.2) is 6.61 Å². The predicted octanol–water partition coefficient (Wildman–Crippen LogP) is 3.64. The number of ether oxygens (including phenoxy) is 1. The Hall–Kier alpha value is -1.26. The van der Waals surface area contributed by atoms with Gasteiger partial charge in [0.25, 0.3) is 0 Å². The molecule has 1 nitrogen and oxygen atoms in total. The Bertz CT molecular complexity index is 354. The summed E-state index contributed by atoms with van der Waals surface area (Å²) in [5, 5.41) is 0. The minimum Gasteiger partial charge on any atom is -0.376 e. The van der Waals surface area contributed by atoms with Crippen LogP contribution in [-0.2, 0) is 11.3 Å². The maximum atomic E-state index is 5.71. The van der Waals surface area contributed by atoms with Crippen molar-refractivity contribution in [2.75, 3.05) is 6.61 Å². The van der Waals surface area contributed by atoms with E-state index < -0.39 is 0 Å². The molecule has 1 aromatic carbocycles. The molecule has 0 radical (unpaired) electrons. The maximum Gasteiger partial charge on any atom is 0.0717 e. The molecule has 0 heterocycles. The predicted molar refractivity (Wildman–Crippen MR) is 67.9 cm³/mol. The van der Waals surface area contributed by atoms with Crippen molar-refractivity contribution in [1.82, 2.24) is 0 Å². The van der Waals surface area contributed by atoms with Crippen LogP contribution in [0.4, 0.5) is 0 Å². The maximum absolute atomic E-state index is 5.71. The Kier molecular flexibility index (Phi) is 5.08. The molecule has 0 aliphatic rings. The fraction of sp³-hybridized carbons (Fsp3) is 0.467. The van der Waals surface area contributed by atoms with E-state index in [1.807, 2.05) is 25.1 Å². The van der Waals surface area contributed by atoms with E-state index in [4.69, 9.17) is 4.74 Å². The highest BCUT2D eigenvalue weighted by molar-refractivity contribution is 5.13. The summed E-state index contributed by atoms with van der Waals surface area (Å²) >= 11 is 0. The number of rotatable bonds is 5. The van der Waals surface area contributed by atoms with E-state index in [1.165, 1.54) is 5.56 Å². The smallest absolute Gasteiger partial charge is 0.0717 e. The van der Waals surface area contributed by atoms with Gasteiger partial charge in [-0.25, -0.2) is 0 Å². The molecule has 1 rings (SSSR count). The van der Waals surface area contributed by atoms with Gasteiger partial charge < -0.3 is 4.74 Å². The number of hydrogen-bond donors (Lipinski definition) is 0. The minimum absolute atomic E-state index is 0.137. The number of hydrogen-bond acceptors (Lipinski definition) is 1. The van der Waals surface area contributed by atoms with Crippen LogP contribution in [0.25, 0.3) is 0 Å². The molecular weight excluding hydrogens is 196 g/mol. The Morgan fingerprint density at radius 3 is 2.50 bits per heavy atom. The van der Waals surface area contributed by atoms with Gasteiger partial charge in [0.15, 0.2) is 0 Å². The van der Waals surface area contributed by atoms with Gasteiger partial charge in [0.2, 0.25) is 0 Å². The molecular formula is C15H20O. The summed E-state index contributed by atoms with van der Waals surface area (Å²) in [4.78, 5) is 0. The lowest BCUT2D eigenvalue weighted by atomic mass is 9.91. The summed E-state index contributed by atoms with van der Waals surface area (Å²) in [6.45, 7) is 7.67. The molecule has 0 spiro atoms. The molecule has 0 saturated carbocycles. The highest BCUT2D eigenvalue weighted by Gasteiger charge is 2.16. The molecule has 0 saturated heterocycles. The monoisotopic (exact) mass is 216 g/mol. The van der Waals surface area contributed by atoms with Crippen LogP contribution in [0, 0.1) is 17.3 Å². The molecule has 1 heteroatoms. The van der Waals surface area contributed by atoms with E-state index in [9.17, 15) is 0 Å². The summed E-state index contributed by atoms with van der Waals surface area (Å²) in [5.41, 5.74) is 1.36. The molecule has 86 valence electrons. The first-order valence-corrected chi connectivity index (χ1v) is 5.65. The van der Waals surface area contributed by atoms with E-state index in [2.05, 4.69) is 37.8 Å². The summed E-state index contributed by atoms with van der Waals surface area (Å²) in [6.07, 6.45) is 0.887. The largest absolute Gasteiger partial charge is 0.376 e. The minimum atomic E-state index is 0.137. The SMILES string of the molecule is CC#CCC(C)(C)COCc1ccccc1. The Morgan fingerprint density at radius 2 is 1.88 bits per heavy atom. The molecule has 0 N–H and O–H groups in total. The fourth-order valence-electron chi connectivity index (χ4n) is 1.40. The third kappa shape index (κ3) is 5.00. The second kappa shape index (κ2) is 6.35. The van der Waals surface area contributed by atoms with Gasteiger partial charge in [-0.15, -0.1) is 11.8 Å². The molecule has 0 unspecified atom stereocenters. The van der Waals surface area contributed by atoms with E-state index in [1.54, 1.807) is 0 Å². The van der Waals surface area contributed by atoms with Crippen LogP contribution >= 0.6 is 0 Å². The first kappa shape index (κ1) is 12.8. The molecule has 0 aliphatic heterocycles. The molecule has 1 aromatic rings. The molecule has 0 aromatic heterocycles. The van der Waals surface area contributed by atoms with Crippen LogP contribution in [0.1, 0.15) is 32.8 Å².